The van der Waals surface area contributed by atoms with Gasteiger partial charge >= 0.3 is 0 Å². The second-order valence-corrected chi connectivity index (χ2v) is 7.44. The number of morpholine rings is 1. The van der Waals surface area contributed by atoms with E-state index in [4.69, 9.17) is 4.74 Å². The fourth-order valence-corrected chi connectivity index (χ4v) is 3.93. The number of carbonyl (C=O) groups excluding carboxylic acids is 1. The highest BCUT2D eigenvalue weighted by atomic mass is 32.2. The van der Waals surface area contributed by atoms with E-state index in [-0.39, 0.29) is 18.1 Å². The number of benzene rings is 2. The number of amides is 1. The zero-order valence-corrected chi connectivity index (χ0v) is 15.5. The molecule has 1 aliphatic heterocycles. The van der Waals surface area contributed by atoms with Gasteiger partial charge in [-0.3, -0.25) is 4.79 Å². The van der Waals surface area contributed by atoms with E-state index >= 15 is 0 Å². The van der Waals surface area contributed by atoms with Gasteiger partial charge < -0.3 is 15.0 Å². The van der Waals surface area contributed by atoms with Crippen LogP contribution in [-0.4, -0.2) is 42.6 Å². The minimum Gasteiger partial charge on any atom is -0.375 e. The second-order valence-electron chi connectivity index (χ2n) is 6.32. The van der Waals surface area contributed by atoms with Gasteiger partial charge in [0.2, 0.25) is 5.91 Å². The molecule has 2 aromatic rings. The molecule has 132 valence electrons. The van der Waals surface area contributed by atoms with Crippen LogP contribution in [0.15, 0.2) is 64.4 Å². The van der Waals surface area contributed by atoms with Crippen molar-refractivity contribution in [2.45, 2.75) is 35.8 Å². The molecule has 1 fully saturated rings. The highest BCUT2D eigenvalue weighted by Crippen LogP contribution is 2.33. The van der Waals surface area contributed by atoms with Gasteiger partial charge in [-0.15, -0.1) is 0 Å². The summed E-state index contributed by atoms with van der Waals surface area (Å²) in [6.45, 7) is 5.63. The first-order valence-electron chi connectivity index (χ1n) is 8.61. The van der Waals surface area contributed by atoms with Gasteiger partial charge in [0.15, 0.2) is 0 Å². The van der Waals surface area contributed by atoms with E-state index in [2.05, 4.69) is 23.5 Å². The molecule has 0 spiro atoms. The summed E-state index contributed by atoms with van der Waals surface area (Å²) in [5.41, 5.74) is 0.985. The maximum atomic E-state index is 12.5. The van der Waals surface area contributed by atoms with E-state index in [1.165, 1.54) is 4.90 Å². The number of rotatable bonds is 5. The number of nitrogens with zero attached hydrogens (tertiary/aromatic N) is 1. The first kappa shape index (κ1) is 17.8. The molecule has 2 atom stereocenters. The number of hydrogen-bond acceptors (Lipinski definition) is 4. The van der Waals surface area contributed by atoms with E-state index in [1.807, 2.05) is 55.1 Å². The zero-order valence-electron chi connectivity index (χ0n) is 14.6. The molecule has 0 radical (unpaired) electrons. The summed E-state index contributed by atoms with van der Waals surface area (Å²) >= 11 is 1.69. The Labute approximate surface area is 153 Å². The molecule has 0 aliphatic carbocycles. The van der Waals surface area contributed by atoms with Crippen molar-refractivity contribution in [3.8, 4) is 0 Å². The van der Waals surface area contributed by atoms with Crippen LogP contribution in [0.2, 0.25) is 0 Å². The molecule has 1 heterocycles. The van der Waals surface area contributed by atoms with Crippen LogP contribution in [0.3, 0.4) is 0 Å². The van der Waals surface area contributed by atoms with Crippen LogP contribution in [0.5, 0.6) is 0 Å². The fraction of sp³-hybridized carbons (Fsp3) is 0.350. The maximum absolute atomic E-state index is 12.5. The Hall–Kier alpha value is -1.98. The van der Waals surface area contributed by atoms with Gasteiger partial charge in [-0.05, 0) is 38.1 Å². The number of para-hydroxylation sites is 1. The lowest BCUT2D eigenvalue weighted by Gasteiger charge is -2.35. The van der Waals surface area contributed by atoms with Crippen LogP contribution in [0.25, 0.3) is 0 Å². The normalized spacial score (nSPS) is 20.3. The van der Waals surface area contributed by atoms with Crippen molar-refractivity contribution in [2.75, 3.05) is 25.0 Å². The van der Waals surface area contributed by atoms with Crippen LogP contribution in [-0.2, 0) is 9.53 Å². The molecule has 1 saturated heterocycles. The van der Waals surface area contributed by atoms with E-state index in [1.54, 1.807) is 11.8 Å². The highest BCUT2D eigenvalue weighted by molar-refractivity contribution is 7.99. The highest BCUT2D eigenvalue weighted by Gasteiger charge is 2.25. The van der Waals surface area contributed by atoms with Gasteiger partial charge in [-0.25, -0.2) is 0 Å². The van der Waals surface area contributed by atoms with Crippen molar-refractivity contribution in [1.29, 1.82) is 0 Å². The average Bonchev–Trinajstić information content (AvgIpc) is 2.61. The molecule has 1 N–H and O–H groups in total. The molecule has 1 aliphatic rings. The summed E-state index contributed by atoms with van der Waals surface area (Å²) in [4.78, 5) is 16.7. The molecule has 2 aromatic carbocycles. The van der Waals surface area contributed by atoms with Crippen molar-refractivity contribution < 1.29 is 9.53 Å². The predicted molar refractivity (Wildman–Crippen MR) is 102 cm³/mol. The van der Waals surface area contributed by atoms with Crippen LogP contribution in [0, 0.1) is 0 Å². The van der Waals surface area contributed by atoms with Gasteiger partial charge in [-0.2, -0.15) is 0 Å². The summed E-state index contributed by atoms with van der Waals surface area (Å²) in [5.74, 6) is 0.113. The lowest BCUT2D eigenvalue weighted by molar-refractivity contribution is -0.141. The third-order valence-electron chi connectivity index (χ3n) is 4.06. The number of hydrogen-bond donors (Lipinski definition) is 1. The topological polar surface area (TPSA) is 41.6 Å². The van der Waals surface area contributed by atoms with Gasteiger partial charge in [0.1, 0.15) is 0 Å². The Bertz CT molecular complexity index is 698. The van der Waals surface area contributed by atoms with Crippen molar-refractivity contribution in [3.63, 3.8) is 0 Å². The number of anilines is 1. The Morgan fingerprint density at radius 2 is 1.72 bits per heavy atom. The minimum atomic E-state index is 0.0913. The Balaban J connectivity index is 1.62. The molecule has 0 aromatic heterocycles. The summed E-state index contributed by atoms with van der Waals surface area (Å²) in [7, 11) is 0. The number of ether oxygens (including phenoxy) is 1. The molecular formula is C20H24N2O2S. The summed E-state index contributed by atoms with van der Waals surface area (Å²) in [5, 5.41) is 3.31. The molecule has 0 saturated carbocycles. The quantitative estimate of drug-likeness (QED) is 0.883. The van der Waals surface area contributed by atoms with Crippen LogP contribution in [0.1, 0.15) is 13.8 Å². The summed E-state index contributed by atoms with van der Waals surface area (Å²) < 4.78 is 5.70. The Morgan fingerprint density at radius 3 is 2.44 bits per heavy atom. The number of nitrogens with one attached hydrogen (secondary N) is 1. The third-order valence-corrected chi connectivity index (χ3v) is 5.14. The smallest absolute Gasteiger partial charge is 0.242 e. The van der Waals surface area contributed by atoms with Crippen LogP contribution >= 0.6 is 11.8 Å². The molecule has 3 rings (SSSR count). The largest absolute Gasteiger partial charge is 0.375 e. The standard InChI is InChI=1S/C20H24N2O2S/c1-15-13-22(14-16(2)24-15)20(23)12-21-18-10-6-7-11-19(18)25-17-8-4-3-5-9-17/h3-11,15-16,21H,12-14H2,1-2H3. The van der Waals surface area contributed by atoms with E-state index in [0.29, 0.717) is 19.6 Å². The summed E-state index contributed by atoms with van der Waals surface area (Å²) in [6, 6.07) is 18.3. The molecular weight excluding hydrogens is 332 g/mol. The molecule has 25 heavy (non-hydrogen) atoms. The lowest BCUT2D eigenvalue weighted by Crippen LogP contribution is -2.49. The van der Waals surface area contributed by atoms with E-state index < -0.39 is 0 Å². The van der Waals surface area contributed by atoms with Crippen molar-refractivity contribution >= 4 is 23.4 Å². The van der Waals surface area contributed by atoms with Crippen LogP contribution < -0.4 is 5.32 Å². The zero-order chi connectivity index (χ0) is 17.6. The molecule has 0 bridgehead atoms. The second kappa shape index (κ2) is 8.41. The number of carbonyl (C=O) groups is 1. The molecule has 2 unspecified atom stereocenters. The molecule has 5 heteroatoms. The summed E-state index contributed by atoms with van der Waals surface area (Å²) in [6.07, 6.45) is 0.183. The van der Waals surface area contributed by atoms with Crippen molar-refractivity contribution in [1.82, 2.24) is 4.90 Å². The van der Waals surface area contributed by atoms with Crippen molar-refractivity contribution in [2.24, 2.45) is 0 Å². The van der Waals surface area contributed by atoms with E-state index in [9.17, 15) is 4.79 Å². The monoisotopic (exact) mass is 356 g/mol. The lowest BCUT2D eigenvalue weighted by atomic mass is 10.2. The van der Waals surface area contributed by atoms with Gasteiger partial charge in [-0.1, -0.05) is 42.1 Å². The third kappa shape index (κ3) is 5.00. The van der Waals surface area contributed by atoms with Crippen LogP contribution in [0.4, 0.5) is 5.69 Å². The van der Waals surface area contributed by atoms with E-state index in [0.717, 1.165) is 10.6 Å². The maximum Gasteiger partial charge on any atom is 0.242 e. The Morgan fingerprint density at radius 1 is 1.08 bits per heavy atom. The van der Waals surface area contributed by atoms with Gasteiger partial charge in [0.25, 0.3) is 0 Å². The van der Waals surface area contributed by atoms with Gasteiger partial charge in [0, 0.05) is 28.6 Å². The van der Waals surface area contributed by atoms with Crippen molar-refractivity contribution in [3.05, 3.63) is 54.6 Å². The first-order chi connectivity index (χ1) is 12.1. The molecule has 4 nitrogen and oxygen atoms in total. The Kier molecular flexibility index (Phi) is 6.00. The molecule has 1 amide bonds. The first-order valence-corrected chi connectivity index (χ1v) is 9.42. The fourth-order valence-electron chi connectivity index (χ4n) is 2.98. The average molecular weight is 356 g/mol. The minimum absolute atomic E-state index is 0.0913. The van der Waals surface area contributed by atoms with Gasteiger partial charge in [0.05, 0.1) is 18.8 Å². The SMILES string of the molecule is CC1CN(C(=O)CNc2ccccc2Sc2ccccc2)CC(C)O1. The predicted octanol–water partition coefficient (Wildman–Crippen LogP) is 3.89.